The molecule has 0 spiro atoms. The number of rotatable bonds is 8. The van der Waals surface area contributed by atoms with Crippen LogP contribution >= 0.6 is 0 Å². The summed E-state index contributed by atoms with van der Waals surface area (Å²) >= 11 is 0. The zero-order chi connectivity index (χ0) is 14.3. The summed E-state index contributed by atoms with van der Waals surface area (Å²) in [5.74, 6) is 0. The van der Waals surface area contributed by atoms with Crippen LogP contribution in [0.1, 0.15) is 29.5 Å². The second kappa shape index (κ2) is 7.39. The highest BCUT2D eigenvalue weighted by molar-refractivity contribution is 5.27. The van der Waals surface area contributed by atoms with Gasteiger partial charge in [-0.2, -0.15) is 0 Å². The average Bonchev–Trinajstić information content (AvgIpc) is 3.34. The molecule has 1 aliphatic rings. The smallest absolute Gasteiger partial charge is 0.0724 e. The Kier molecular flexibility index (Phi) is 5.03. The van der Waals surface area contributed by atoms with Gasteiger partial charge in [-0.3, -0.25) is 0 Å². The predicted molar refractivity (Wildman–Crippen MR) is 86.1 cm³/mol. The highest BCUT2D eigenvalue weighted by Gasteiger charge is 2.19. The van der Waals surface area contributed by atoms with E-state index in [9.17, 15) is 0 Å². The quantitative estimate of drug-likeness (QED) is 0.796. The Balaban J connectivity index is 1.49. The largest absolute Gasteiger partial charge is 0.372 e. The molecule has 0 aliphatic heterocycles. The molecule has 0 unspecified atom stereocenters. The van der Waals surface area contributed by atoms with Crippen LogP contribution in [0.4, 0.5) is 0 Å². The summed E-state index contributed by atoms with van der Waals surface area (Å²) in [4.78, 5) is 0. The molecule has 0 bridgehead atoms. The molecule has 0 atom stereocenters. The van der Waals surface area contributed by atoms with Crippen LogP contribution < -0.4 is 5.32 Å². The zero-order valence-electron chi connectivity index (χ0n) is 12.4. The van der Waals surface area contributed by atoms with Gasteiger partial charge in [0.2, 0.25) is 0 Å². The van der Waals surface area contributed by atoms with Crippen LogP contribution in [0.2, 0.25) is 0 Å². The molecular formula is C19H23NO. The highest BCUT2D eigenvalue weighted by atomic mass is 16.5. The van der Waals surface area contributed by atoms with Crippen molar-refractivity contribution in [3.63, 3.8) is 0 Å². The van der Waals surface area contributed by atoms with Crippen molar-refractivity contribution in [3.8, 4) is 0 Å². The van der Waals surface area contributed by atoms with Gasteiger partial charge in [0, 0.05) is 6.04 Å². The number of hydrogen-bond acceptors (Lipinski definition) is 2. The molecule has 0 radical (unpaired) electrons. The summed E-state index contributed by atoms with van der Waals surface area (Å²) in [5, 5.41) is 3.57. The maximum absolute atomic E-state index is 5.87. The molecule has 1 fully saturated rings. The minimum absolute atomic E-state index is 0.676. The van der Waals surface area contributed by atoms with Gasteiger partial charge < -0.3 is 10.1 Å². The fraction of sp³-hybridized carbons (Fsp3) is 0.368. The third kappa shape index (κ3) is 4.69. The Hall–Kier alpha value is -1.64. The van der Waals surface area contributed by atoms with Gasteiger partial charge in [0.1, 0.15) is 0 Å². The molecule has 1 saturated carbocycles. The number of hydrogen-bond donors (Lipinski definition) is 1. The third-order valence-electron chi connectivity index (χ3n) is 3.89. The Bertz CT molecular complexity index is 549. The molecule has 1 N–H and O–H groups in total. The minimum atomic E-state index is 0.676. The van der Waals surface area contributed by atoms with Gasteiger partial charge in [-0.05, 0) is 42.5 Å². The van der Waals surface area contributed by atoms with Gasteiger partial charge in [0.15, 0.2) is 0 Å². The van der Waals surface area contributed by atoms with E-state index < -0.39 is 0 Å². The van der Waals surface area contributed by atoms with Crippen molar-refractivity contribution < 1.29 is 4.74 Å². The molecule has 2 aromatic rings. The molecule has 2 aromatic carbocycles. The van der Waals surface area contributed by atoms with Crippen LogP contribution in [-0.2, 0) is 24.4 Å². The number of ether oxygens (including phenoxy) is 1. The monoisotopic (exact) mass is 281 g/mol. The van der Waals surface area contributed by atoms with Crippen LogP contribution in [0.15, 0.2) is 54.6 Å². The molecule has 0 amide bonds. The molecule has 2 heteroatoms. The van der Waals surface area contributed by atoms with Crippen LogP contribution in [0.3, 0.4) is 0 Å². The van der Waals surface area contributed by atoms with E-state index in [2.05, 4.69) is 53.8 Å². The lowest BCUT2D eigenvalue weighted by atomic mass is 10.1. The SMILES string of the molecule is c1ccc(COCc2ccccc2CCNC2CC2)cc1. The molecule has 110 valence electrons. The van der Waals surface area contributed by atoms with Gasteiger partial charge >= 0.3 is 0 Å². The fourth-order valence-electron chi connectivity index (χ4n) is 2.49. The summed E-state index contributed by atoms with van der Waals surface area (Å²) in [5.41, 5.74) is 3.94. The first kappa shape index (κ1) is 14.3. The van der Waals surface area contributed by atoms with Gasteiger partial charge in [-0.15, -0.1) is 0 Å². The standard InChI is InChI=1S/C19H23NO/c1-2-6-16(7-3-1)14-21-15-18-9-5-4-8-17(18)12-13-20-19-10-11-19/h1-9,19-20H,10-15H2. The Morgan fingerprint density at radius 2 is 1.57 bits per heavy atom. The predicted octanol–water partition coefficient (Wildman–Crippen LogP) is 3.70. The van der Waals surface area contributed by atoms with Crippen LogP contribution in [0.5, 0.6) is 0 Å². The summed E-state index contributed by atoms with van der Waals surface area (Å²) in [6, 6.07) is 19.7. The summed E-state index contributed by atoms with van der Waals surface area (Å²) < 4.78 is 5.87. The Labute approximate surface area is 127 Å². The van der Waals surface area contributed by atoms with E-state index in [0.717, 1.165) is 19.0 Å². The highest BCUT2D eigenvalue weighted by Crippen LogP contribution is 2.19. The van der Waals surface area contributed by atoms with Crippen molar-refractivity contribution in [3.05, 3.63) is 71.3 Å². The molecule has 21 heavy (non-hydrogen) atoms. The molecule has 2 nitrogen and oxygen atoms in total. The molecule has 1 aliphatic carbocycles. The second-order valence-electron chi connectivity index (χ2n) is 5.73. The first-order chi connectivity index (χ1) is 10.4. The van der Waals surface area contributed by atoms with E-state index in [1.165, 1.54) is 29.5 Å². The van der Waals surface area contributed by atoms with Crippen molar-refractivity contribution in [2.75, 3.05) is 6.54 Å². The van der Waals surface area contributed by atoms with Gasteiger partial charge in [0.05, 0.1) is 13.2 Å². The number of benzene rings is 2. The van der Waals surface area contributed by atoms with E-state index in [-0.39, 0.29) is 0 Å². The van der Waals surface area contributed by atoms with E-state index >= 15 is 0 Å². The van der Waals surface area contributed by atoms with Gasteiger partial charge in [-0.1, -0.05) is 54.6 Å². The maximum atomic E-state index is 5.87. The maximum Gasteiger partial charge on any atom is 0.0724 e. The lowest BCUT2D eigenvalue weighted by Gasteiger charge is -2.11. The van der Waals surface area contributed by atoms with E-state index in [0.29, 0.717) is 13.2 Å². The summed E-state index contributed by atoms with van der Waals surface area (Å²) in [7, 11) is 0. The van der Waals surface area contributed by atoms with E-state index in [1.807, 2.05) is 6.07 Å². The van der Waals surface area contributed by atoms with Crippen molar-refractivity contribution in [1.29, 1.82) is 0 Å². The zero-order valence-corrected chi connectivity index (χ0v) is 12.4. The van der Waals surface area contributed by atoms with Crippen molar-refractivity contribution in [1.82, 2.24) is 5.32 Å². The van der Waals surface area contributed by atoms with Crippen LogP contribution in [-0.4, -0.2) is 12.6 Å². The Morgan fingerprint density at radius 1 is 0.857 bits per heavy atom. The number of nitrogens with one attached hydrogen (secondary N) is 1. The first-order valence-corrected chi connectivity index (χ1v) is 7.83. The van der Waals surface area contributed by atoms with E-state index in [4.69, 9.17) is 4.74 Å². The molecule has 0 saturated heterocycles. The van der Waals surface area contributed by atoms with Crippen molar-refractivity contribution in [2.24, 2.45) is 0 Å². The third-order valence-corrected chi connectivity index (χ3v) is 3.89. The van der Waals surface area contributed by atoms with Crippen molar-refractivity contribution in [2.45, 2.75) is 38.5 Å². The van der Waals surface area contributed by atoms with Crippen LogP contribution in [0.25, 0.3) is 0 Å². The molecule has 0 aromatic heterocycles. The van der Waals surface area contributed by atoms with Gasteiger partial charge in [0.25, 0.3) is 0 Å². The minimum Gasteiger partial charge on any atom is -0.372 e. The van der Waals surface area contributed by atoms with Crippen LogP contribution in [0, 0.1) is 0 Å². The topological polar surface area (TPSA) is 21.3 Å². The second-order valence-corrected chi connectivity index (χ2v) is 5.73. The fourth-order valence-corrected chi connectivity index (χ4v) is 2.49. The Morgan fingerprint density at radius 3 is 2.33 bits per heavy atom. The molecule has 0 heterocycles. The lowest BCUT2D eigenvalue weighted by molar-refractivity contribution is 0.106. The average molecular weight is 281 g/mol. The first-order valence-electron chi connectivity index (χ1n) is 7.83. The normalized spacial score (nSPS) is 14.3. The summed E-state index contributed by atoms with van der Waals surface area (Å²) in [6.07, 6.45) is 3.78. The lowest BCUT2D eigenvalue weighted by Crippen LogP contribution is -2.19. The van der Waals surface area contributed by atoms with Crippen molar-refractivity contribution >= 4 is 0 Å². The molecule has 3 rings (SSSR count). The summed E-state index contributed by atoms with van der Waals surface area (Å²) in [6.45, 7) is 2.43. The van der Waals surface area contributed by atoms with Gasteiger partial charge in [-0.25, -0.2) is 0 Å². The molecular weight excluding hydrogens is 258 g/mol. The van der Waals surface area contributed by atoms with E-state index in [1.54, 1.807) is 0 Å².